The Kier molecular flexibility index (Phi) is 5.76. The number of hydrogen-bond acceptors (Lipinski definition) is 3. The Morgan fingerprint density at radius 3 is 2.42 bits per heavy atom. The van der Waals surface area contributed by atoms with Crippen molar-refractivity contribution in [2.75, 3.05) is 18.5 Å². The highest BCUT2D eigenvalue weighted by Gasteiger charge is 2.06. The fourth-order valence-electron chi connectivity index (χ4n) is 1.67. The molecule has 0 aliphatic rings. The molecule has 0 aliphatic heterocycles. The lowest BCUT2D eigenvalue weighted by atomic mass is 10.2. The highest BCUT2D eigenvalue weighted by molar-refractivity contribution is 7.80. The molecule has 19 heavy (non-hydrogen) atoms. The Labute approximate surface area is 120 Å². The second kappa shape index (κ2) is 7.09. The first-order chi connectivity index (χ1) is 8.90. The van der Waals surface area contributed by atoms with Crippen LogP contribution in [0.25, 0.3) is 0 Å². The van der Waals surface area contributed by atoms with Gasteiger partial charge < -0.3 is 16.0 Å². The van der Waals surface area contributed by atoms with Crippen molar-refractivity contribution in [3.63, 3.8) is 0 Å². The van der Waals surface area contributed by atoms with Crippen molar-refractivity contribution in [1.82, 2.24) is 5.32 Å². The van der Waals surface area contributed by atoms with Crippen LogP contribution in [0.1, 0.15) is 25.8 Å². The van der Waals surface area contributed by atoms with Crippen molar-refractivity contribution in [1.29, 1.82) is 0 Å². The zero-order valence-electron chi connectivity index (χ0n) is 11.6. The average Bonchev–Trinajstić information content (AvgIpc) is 2.35. The van der Waals surface area contributed by atoms with Gasteiger partial charge in [0.25, 0.3) is 0 Å². The number of carbonyl (C=O) groups excluding carboxylic acids is 1. The van der Waals surface area contributed by atoms with Crippen LogP contribution in [0.4, 0.5) is 5.69 Å². The first kappa shape index (κ1) is 15.4. The first-order valence-corrected chi connectivity index (χ1v) is 6.71. The summed E-state index contributed by atoms with van der Waals surface area (Å²) in [4.78, 5) is 14.0. The Morgan fingerprint density at radius 1 is 1.37 bits per heavy atom. The Hall–Kier alpha value is -1.62. The molecule has 3 N–H and O–H groups in total. The van der Waals surface area contributed by atoms with E-state index in [1.807, 2.05) is 50.1 Å². The van der Waals surface area contributed by atoms with Crippen molar-refractivity contribution < 1.29 is 4.79 Å². The number of thiocarbonyl (C=S) groups is 1. The van der Waals surface area contributed by atoms with Crippen molar-refractivity contribution in [3.8, 4) is 0 Å². The van der Waals surface area contributed by atoms with Gasteiger partial charge in [0.2, 0.25) is 5.91 Å². The van der Waals surface area contributed by atoms with E-state index in [2.05, 4.69) is 5.32 Å². The molecule has 0 spiro atoms. The van der Waals surface area contributed by atoms with E-state index in [1.54, 1.807) is 0 Å². The second-order valence-electron chi connectivity index (χ2n) is 4.80. The monoisotopic (exact) mass is 279 g/mol. The van der Waals surface area contributed by atoms with E-state index in [4.69, 9.17) is 18.0 Å². The Balaban J connectivity index is 2.51. The molecule has 1 aromatic rings. The van der Waals surface area contributed by atoms with Crippen LogP contribution < -0.4 is 16.0 Å². The maximum Gasteiger partial charge on any atom is 0.221 e. The van der Waals surface area contributed by atoms with E-state index in [0.29, 0.717) is 18.0 Å². The summed E-state index contributed by atoms with van der Waals surface area (Å²) in [7, 11) is 1.96. The molecule has 104 valence electrons. The highest BCUT2D eigenvalue weighted by atomic mass is 32.1. The SMILES string of the molecule is CC(C)NC(=O)CCN(C)c1ccc(C(N)=S)cc1. The van der Waals surface area contributed by atoms with Crippen LogP contribution in [0.5, 0.6) is 0 Å². The Bertz CT molecular complexity index is 443. The van der Waals surface area contributed by atoms with Gasteiger partial charge in [0.15, 0.2) is 0 Å². The lowest BCUT2D eigenvalue weighted by Gasteiger charge is -2.19. The van der Waals surface area contributed by atoms with Crippen LogP contribution in [-0.4, -0.2) is 30.5 Å². The summed E-state index contributed by atoms with van der Waals surface area (Å²) in [5.41, 5.74) is 7.44. The molecule has 0 saturated heterocycles. The van der Waals surface area contributed by atoms with Gasteiger partial charge in [-0.15, -0.1) is 0 Å². The predicted octanol–water partition coefficient (Wildman–Crippen LogP) is 1.67. The molecule has 0 aliphatic carbocycles. The summed E-state index contributed by atoms with van der Waals surface area (Å²) in [5, 5.41) is 2.87. The first-order valence-electron chi connectivity index (χ1n) is 6.30. The molecular formula is C14H21N3OS. The van der Waals surface area contributed by atoms with E-state index in [1.165, 1.54) is 0 Å². The number of rotatable bonds is 6. The summed E-state index contributed by atoms with van der Waals surface area (Å²) in [6, 6.07) is 7.87. The zero-order chi connectivity index (χ0) is 14.4. The topological polar surface area (TPSA) is 58.4 Å². The van der Waals surface area contributed by atoms with E-state index < -0.39 is 0 Å². The summed E-state index contributed by atoms with van der Waals surface area (Å²) in [6.07, 6.45) is 0.478. The van der Waals surface area contributed by atoms with Crippen LogP contribution in [0.3, 0.4) is 0 Å². The molecule has 0 bridgehead atoms. The minimum absolute atomic E-state index is 0.0709. The van der Waals surface area contributed by atoms with E-state index in [9.17, 15) is 4.79 Å². The van der Waals surface area contributed by atoms with Crippen molar-refractivity contribution in [2.24, 2.45) is 5.73 Å². The Morgan fingerprint density at radius 2 is 1.95 bits per heavy atom. The van der Waals surface area contributed by atoms with Crippen molar-refractivity contribution >= 4 is 28.8 Å². The van der Waals surface area contributed by atoms with E-state index in [0.717, 1.165) is 11.3 Å². The van der Waals surface area contributed by atoms with Gasteiger partial charge in [-0.2, -0.15) is 0 Å². The molecule has 1 rings (SSSR count). The number of hydrogen-bond donors (Lipinski definition) is 2. The molecule has 0 radical (unpaired) electrons. The molecule has 0 saturated carbocycles. The molecule has 0 aromatic heterocycles. The zero-order valence-corrected chi connectivity index (χ0v) is 12.5. The maximum absolute atomic E-state index is 11.6. The quantitative estimate of drug-likeness (QED) is 0.778. The fraction of sp³-hybridized carbons (Fsp3) is 0.429. The summed E-state index contributed by atoms with van der Waals surface area (Å²) < 4.78 is 0. The average molecular weight is 279 g/mol. The van der Waals surface area contributed by atoms with Gasteiger partial charge in [-0.25, -0.2) is 0 Å². The number of nitrogens with one attached hydrogen (secondary N) is 1. The summed E-state index contributed by atoms with van der Waals surface area (Å²) in [6.45, 7) is 4.58. The largest absolute Gasteiger partial charge is 0.389 e. The number of carbonyl (C=O) groups is 1. The van der Waals surface area contributed by atoms with Gasteiger partial charge in [-0.1, -0.05) is 12.2 Å². The molecule has 4 nitrogen and oxygen atoms in total. The smallest absolute Gasteiger partial charge is 0.221 e. The van der Waals surface area contributed by atoms with Crippen LogP contribution >= 0.6 is 12.2 Å². The molecule has 0 fully saturated rings. The van der Waals surface area contributed by atoms with E-state index >= 15 is 0 Å². The second-order valence-corrected chi connectivity index (χ2v) is 5.24. The molecule has 0 unspecified atom stereocenters. The molecular weight excluding hydrogens is 258 g/mol. The van der Waals surface area contributed by atoms with Gasteiger partial charge in [0, 0.05) is 37.3 Å². The van der Waals surface area contributed by atoms with Crippen LogP contribution in [0.2, 0.25) is 0 Å². The van der Waals surface area contributed by atoms with Crippen LogP contribution in [-0.2, 0) is 4.79 Å². The molecule has 0 atom stereocenters. The van der Waals surface area contributed by atoms with Gasteiger partial charge >= 0.3 is 0 Å². The molecule has 1 amide bonds. The number of nitrogens with two attached hydrogens (primary N) is 1. The van der Waals surface area contributed by atoms with Crippen LogP contribution in [0.15, 0.2) is 24.3 Å². The van der Waals surface area contributed by atoms with Crippen LogP contribution in [0, 0.1) is 0 Å². The molecule has 5 heteroatoms. The van der Waals surface area contributed by atoms with Crippen molar-refractivity contribution in [3.05, 3.63) is 29.8 Å². The number of benzene rings is 1. The highest BCUT2D eigenvalue weighted by Crippen LogP contribution is 2.14. The maximum atomic E-state index is 11.6. The van der Waals surface area contributed by atoms with Gasteiger partial charge in [0.05, 0.1) is 0 Å². The third kappa shape index (κ3) is 5.26. The van der Waals surface area contributed by atoms with Gasteiger partial charge in [0.1, 0.15) is 4.99 Å². The normalized spacial score (nSPS) is 10.3. The number of amides is 1. The molecule has 0 heterocycles. The minimum atomic E-state index is 0.0709. The summed E-state index contributed by atoms with van der Waals surface area (Å²) in [5.74, 6) is 0.0709. The van der Waals surface area contributed by atoms with Crippen molar-refractivity contribution in [2.45, 2.75) is 26.3 Å². The lowest BCUT2D eigenvalue weighted by molar-refractivity contribution is -0.121. The lowest BCUT2D eigenvalue weighted by Crippen LogP contribution is -2.33. The standard InChI is InChI=1S/C14H21N3OS/c1-10(2)16-13(18)8-9-17(3)12-6-4-11(5-7-12)14(15)19/h4-7,10H,8-9H2,1-3H3,(H2,15,19)(H,16,18). The molecule has 1 aromatic carbocycles. The minimum Gasteiger partial charge on any atom is -0.389 e. The van der Waals surface area contributed by atoms with Gasteiger partial charge in [-0.05, 0) is 38.1 Å². The third-order valence-electron chi connectivity index (χ3n) is 2.72. The fourth-order valence-corrected chi connectivity index (χ4v) is 1.81. The van der Waals surface area contributed by atoms with E-state index in [-0.39, 0.29) is 11.9 Å². The number of nitrogens with zero attached hydrogens (tertiary/aromatic N) is 1. The van der Waals surface area contributed by atoms with Gasteiger partial charge in [-0.3, -0.25) is 4.79 Å². The number of anilines is 1. The third-order valence-corrected chi connectivity index (χ3v) is 2.95. The predicted molar refractivity (Wildman–Crippen MR) is 83.5 cm³/mol. The summed E-state index contributed by atoms with van der Waals surface area (Å²) >= 11 is 4.91.